The van der Waals surface area contributed by atoms with Gasteiger partial charge in [-0.05, 0) is 30.0 Å². The minimum absolute atomic E-state index is 0.0497. The van der Waals surface area contributed by atoms with E-state index in [4.69, 9.17) is 5.41 Å². The molecule has 3 rings (SSSR count). The van der Waals surface area contributed by atoms with Gasteiger partial charge in [0, 0.05) is 23.1 Å². The van der Waals surface area contributed by atoms with Gasteiger partial charge >= 0.3 is 0 Å². The Hall–Kier alpha value is -3.22. The fourth-order valence-electron chi connectivity index (χ4n) is 2.96. The summed E-state index contributed by atoms with van der Waals surface area (Å²) in [6.45, 7) is 0. The maximum Gasteiger partial charge on any atom is 0.235 e. The molecule has 0 aliphatic carbocycles. The summed E-state index contributed by atoms with van der Waals surface area (Å²) < 4.78 is 0. The highest BCUT2D eigenvalue weighted by Gasteiger charge is 2.32. The van der Waals surface area contributed by atoms with Crippen molar-refractivity contribution in [3.05, 3.63) is 35.9 Å². The Morgan fingerprint density at radius 1 is 1.25 bits per heavy atom. The van der Waals surface area contributed by atoms with Gasteiger partial charge in [-0.15, -0.1) is 0 Å². The molecular weight excluding hydrogens is 310 g/mol. The van der Waals surface area contributed by atoms with Gasteiger partial charge in [-0.1, -0.05) is 12.1 Å². The van der Waals surface area contributed by atoms with Crippen LogP contribution in [-0.4, -0.2) is 29.0 Å². The van der Waals surface area contributed by atoms with Crippen LogP contribution in [0.5, 0.6) is 5.75 Å². The van der Waals surface area contributed by atoms with Crippen molar-refractivity contribution in [2.75, 3.05) is 5.32 Å². The molecule has 7 nitrogen and oxygen atoms in total. The number of imide groups is 1. The molecule has 3 amide bonds. The minimum Gasteiger partial charge on any atom is -0.507 e. The van der Waals surface area contributed by atoms with E-state index in [1.165, 1.54) is 6.07 Å². The Morgan fingerprint density at radius 3 is 2.75 bits per heavy atom. The second-order valence-electron chi connectivity index (χ2n) is 5.54. The third-order valence-electron chi connectivity index (χ3n) is 4.11. The van der Waals surface area contributed by atoms with Crippen LogP contribution in [0, 0.1) is 11.3 Å². The van der Waals surface area contributed by atoms with Gasteiger partial charge in [0.25, 0.3) is 0 Å². The average Bonchev–Trinajstić information content (AvgIpc) is 2.54. The van der Waals surface area contributed by atoms with Crippen molar-refractivity contribution in [1.82, 2.24) is 5.32 Å². The van der Waals surface area contributed by atoms with Gasteiger partial charge in [-0.3, -0.25) is 19.7 Å². The Morgan fingerprint density at radius 2 is 2.04 bits per heavy atom. The highest BCUT2D eigenvalue weighted by Crippen LogP contribution is 2.34. The summed E-state index contributed by atoms with van der Waals surface area (Å²) >= 11 is 0. The standard InChI is InChI=1S/C17H15N3O4/c18-16(11-5-7-14(23)20-17(11)24)15-10-2-1-3-12(19-8-21)9(10)4-6-13(15)22/h1-4,6,8,11,18,22H,5,7H2,(H,19,21)(H,20,23,24). The number of phenols is 1. The SMILES string of the molecule is N=C(c1c(O)ccc2c(NC=O)cccc12)C1CCC(=O)NC1=O. The zero-order valence-corrected chi connectivity index (χ0v) is 12.6. The van der Waals surface area contributed by atoms with Gasteiger partial charge in [0.15, 0.2) is 0 Å². The minimum atomic E-state index is -0.804. The molecule has 1 atom stereocenters. The fraction of sp³-hybridized carbons (Fsp3) is 0.176. The second kappa shape index (κ2) is 6.11. The van der Waals surface area contributed by atoms with E-state index in [0.29, 0.717) is 22.9 Å². The predicted octanol–water partition coefficient (Wildman–Crippen LogP) is 1.53. The van der Waals surface area contributed by atoms with Crippen LogP contribution < -0.4 is 10.6 Å². The van der Waals surface area contributed by atoms with E-state index >= 15 is 0 Å². The lowest BCUT2D eigenvalue weighted by Gasteiger charge is -2.23. The molecule has 0 spiro atoms. The van der Waals surface area contributed by atoms with Crippen molar-refractivity contribution in [2.45, 2.75) is 12.8 Å². The number of fused-ring (bicyclic) bond motifs is 1. The molecule has 1 aliphatic heterocycles. The molecule has 1 fully saturated rings. The number of hydrogen-bond acceptors (Lipinski definition) is 5. The summed E-state index contributed by atoms with van der Waals surface area (Å²) in [5.74, 6) is -1.82. The van der Waals surface area contributed by atoms with Crippen LogP contribution in [-0.2, 0) is 14.4 Å². The fourth-order valence-corrected chi connectivity index (χ4v) is 2.96. The number of carbonyl (C=O) groups is 3. The lowest BCUT2D eigenvalue weighted by molar-refractivity contribution is -0.134. The molecule has 0 radical (unpaired) electrons. The summed E-state index contributed by atoms with van der Waals surface area (Å²) in [5, 5.41) is 24.6. The molecule has 122 valence electrons. The number of nitrogens with one attached hydrogen (secondary N) is 3. The molecule has 1 heterocycles. The molecule has 4 N–H and O–H groups in total. The number of aromatic hydroxyl groups is 1. The highest BCUT2D eigenvalue weighted by atomic mass is 16.3. The summed E-state index contributed by atoms with van der Waals surface area (Å²) in [6, 6.07) is 8.16. The third-order valence-corrected chi connectivity index (χ3v) is 4.11. The van der Waals surface area contributed by atoms with Gasteiger partial charge in [0.2, 0.25) is 18.2 Å². The second-order valence-corrected chi connectivity index (χ2v) is 5.54. The number of anilines is 1. The van der Waals surface area contributed by atoms with E-state index < -0.39 is 11.8 Å². The van der Waals surface area contributed by atoms with Crippen LogP contribution in [0.25, 0.3) is 10.8 Å². The first-order valence-electron chi connectivity index (χ1n) is 7.40. The normalized spacial score (nSPS) is 17.4. The van der Waals surface area contributed by atoms with Crippen molar-refractivity contribution < 1.29 is 19.5 Å². The van der Waals surface area contributed by atoms with Gasteiger partial charge < -0.3 is 15.8 Å². The van der Waals surface area contributed by atoms with Gasteiger partial charge in [0.05, 0.1) is 11.6 Å². The van der Waals surface area contributed by atoms with E-state index in [-0.39, 0.29) is 35.8 Å². The van der Waals surface area contributed by atoms with Crippen LogP contribution in [0.1, 0.15) is 18.4 Å². The number of phenolic OH excluding ortho intramolecular Hbond substituents is 1. The molecule has 7 heteroatoms. The topological polar surface area (TPSA) is 119 Å². The summed E-state index contributed by atoms with van der Waals surface area (Å²) in [5.41, 5.74) is 0.725. The maximum atomic E-state index is 12.0. The first-order chi connectivity index (χ1) is 11.5. The van der Waals surface area contributed by atoms with E-state index in [9.17, 15) is 19.5 Å². The van der Waals surface area contributed by atoms with E-state index in [1.54, 1.807) is 24.3 Å². The number of rotatable bonds is 4. The predicted molar refractivity (Wildman–Crippen MR) is 88.0 cm³/mol. The first kappa shape index (κ1) is 15.7. The van der Waals surface area contributed by atoms with Crippen LogP contribution in [0.4, 0.5) is 5.69 Å². The molecule has 2 aromatic carbocycles. The smallest absolute Gasteiger partial charge is 0.235 e. The molecule has 1 unspecified atom stereocenters. The number of hydrogen-bond donors (Lipinski definition) is 4. The maximum absolute atomic E-state index is 12.0. The van der Waals surface area contributed by atoms with Crippen LogP contribution in [0.15, 0.2) is 30.3 Å². The lowest BCUT2D eigenvalue weighted by Crippen LogP contribution is -2.43. The Kier molecular flexibility index (Phi) is 3.99. The van der Waals surface area contributed by atoms with Gasteiger partial charge in [-0.25, -0.2) is 0 Å². The van der Waals surface area contributed by atoms with Gasteiger partial charge in [0.1, 0.15) is 5.75 Å². The number of amides is 3. The lowest BCUT2D eigenvalue weighted by atomic mass is 9.86. The van der Waals surface area contributed by atoms with Crippen molar-refractivity contribution in [1.29, 1.82) is 5.41 Å². The van der Waals surface area contributed by atoms with Crippen LogP contribution in [0.2, 0.25) is 0 Å². The van der Waals surface area contributed by atoms with Crippen molar-refractivity contribution in [3.63, 3.8) is 0 Å². The van der Waals surface area contributed by atoms with Gasteiger partial charge in [-0.2, -0.15) is 0 Å². The summed E-state index contributed by atoms with van der Waals surface area (Å²) in [7, 11) is 0. The number of benzene rings is 2. The molecule has 0 aromatic heterocycles. The molecule has 2 aromatic rings. The van der Waals surface area contributed by atoms with E-state index in [2.05, 4.69) is 10.6 Å². The van der Waals surface area contributed by atoms with Crippen molar-refractivity contribution >= 4 is 40.4 Å². The molecule has 24 heavy (non-hydrogen) atoms. The van der Waals surface area contributed by atoms with Crippen LogP contribution in [0.3, 0.4) is 0 Å². The quantitative estimate of drug-likeness (QED) is 0.387. The molecule has 0 bridgehead atoms. The zero-order chi connectivity index (χ0) is 17.3. The largest absolute Gasteiger partial charge is 0.507 e. The Labute approximate surface area is 137 Å². The number of carbonyl (C=O) groups excluding carboxylic acids is 3. The summed E-state index contributed by atoms with van der Waals surface area (Å²) in [4.78, 5) is 34.0. The highest BCUT2D eigenvalue weighted by molar-refractivity contribution is 6.22. The van der Waals surface area contributed by atoms with E-state index in [0.717, 1.165) is 0 Å². The Balaban J connectivity index is 2.11. The van der Waals surface area contributed by atoms with E-state index in [1.807, 2.05) is 0 Å². The average molecular weight is 325 g/mol. The monoisotopic (exact) mass is 325 g/mol. The van der Waals surface area contributed by atoms with Crippen molar-refractivity contribution in [3.8, 4) is 5.75 Å². The molecule has 1 aliphatic rings. The molecule has 1 saturated heterocycles. The number of piperidine rings is 1. The van der Waals surface area contributed by atoms with Crippen LogP contribution >= 0.6 is 0 Å². The Bertz CT molecular complexity index is 876. The zero-order valence-electron chi connectivity index (χ0n) is 12.6. The molecular formula is C17H15N3O4. The molecule has 0 saturated carbocycles. The summed E-state index contributed by atoms with van der Waals surface area (Å²) in [6.07, 6.45) is 0.931. The first-order valence-corrected chi connectivity index (χ1v) is 7.40. The van der Waals surface area contributed by atoms with Crippen molar-refractivity contribution in [2.24, 2.45) is 5.92 Å². The third kappa shape index (κ3) is 2.60.